The quantitative estimate of drug-likeness (QED) is 0.929. The predicted octanol–water partition coefficient (Wildman–Crippen LogP) is 2.58. The number of fused-ring (bicyclic) bond motifs is 1. The summed E-state index contributed by atoms with van der Waals surface area (Å²) in [5, 5.41) is 0. The Morgan fingerprint density at radius 2 is 2.20 bits per heavy atom. The first-order valence-corrected chi connectivity index (χ1v) is 9.03. The highest BCUT2D eigenvalue weighted by Gasteiger charge is 2.32. The van der Waals surface area contributed by atoms with E-state index in [1.165, 1.54) is 11.6 Å². The molecule has 1 fully saturated rings. The molecule has 1 amide bonds. The molecule has 0 aromatic carbocycles. The Kier molecular flexibility index (Phi) is 4.11. The average molecular weight is 338 g/mol. The van der Waals surface area contributed by atoms with Crippen LogP contribution in [0.2, 0.25) is 0 Å². The van der Waals surface area contributed by atoms with Crippen LogP contribution in [0.1, 0.15) is 72.1 Å². The molecule has 0 spiro atoms. The van der Waals surface area contributed by atoms with Gasteiger partial charge in [-0.3, -0.25) is 14.6 Å². The van der Waals surface area contributed by atoms with Gasteiger partial charge in [0, 0.05) is 24.7 Å². The Balaban J connectivity index is 1.68. The molecule has 6 heteroatoms. The molecule has 2 aromatic rings. The van der Waals surface area contributed by atoms with Crippen molar-refractivity contribution < 1.29 is 4.79 Å². The summed E-state index contributed by atoms with van der Waals surface area (Å²) in [6, 6.07) is 5.30. The number of aryl methyl sites for hydroxylation is 1. The largest absolute Gasteiger partial charge is 0.329 e. The van der Waals surface area contributed by atoms with E-state index in [0.29, 0.717) is 18.3 Å². The lowest BCUT2D eigenvalue weighted by Crippen LogP contribution is -2.38. The molecule has 0 radical (unpaired) electrons. The van der Waals surface area contributed by atoms with Gasteiger partial charge in [0.2, 0.25) is 0 Å². The van der Waals surface area contributed by atoms with E-state index < -0.39 is 0 Å². The van der Waals surface area contributed by atoms with Crippen molar-refractivity contribution in [2.24, 2.45) is 0 Å². The summed E-state index contributed by atoms with van der Waals surface area (Å²) < 4.78 is 0. The summed E-state index contributed by atoms with van der Waals surface area (Å²) in [5.74, 6) is 0.765. The van der Waals surface area contributed by atoms with Crippen molar-refractivity contribution in [2.45, 2.75) is 51.0 Å². The topological polar surface area (TPSA) is 79.0 Å². The Hall–Kier alpha value is -2.50. The van der Waals surface area contributed by atoms with E-state index in [1.807, 2.05) is 17.9 Å². The minimum absolute atomic E-state index is 0.0482. The first-order chi connectivity index (χ1) is 12.2. The van der Waals surface area contributed by atoms with Gasteiger partial charge in [0.15, 0.2) is 0 Å². The van der Waals surface area contributed by atoms with Crippen LogP contribution in [0.25, 0.3) is 0 Å². The second kappa shape index (κ2) is 6.43. The van der Waals surface area contributed by atoms with Gasteiger partial charge in [0.05, 0.1) is 11.7 Å². The molecule has 1 unspecified atom stereocenters. The number of H-pyrrole nitrogens is 1. The van der Waals surface area contributed by atoms with Gasteiger partial charge >= 0.3 is 0 Å². The van der Waals surface area contributed by atoms with Gasteiger partial charge in [0.25, 0.3) is 11.5 Å². The van der Waals surface area contributed by atoms with Crippen LogP contribution in [-0.2, 0) is 6.42 Å². The SMILES string of the molecule is CCN(C(=O)c1cc(=O)[nH]c(C2CC2)n1)C1CCCc2cccnc21. The van der Waals surface area contributed by atoms with E-state index in [0.717, 1.165) is 37.8 Å². The van der Waals surface area contributed by atoms with Crippen molar-refractivity contribution >= 4 is 5.91 Å². The zero-order valence-corrected chi connectivity index (χ0v) is 14.4. The maximum Gasteiger partial charge on any atom is 0.273 e. The number of rotatable bonds is 4. The predicted molar refractivity (Wildman–Crippen MR) is 93.5 cm³/mol. The Bertz CT molecular complexity index is 856. The molecule has 0 saturated heterocycles. The number of pyridine rings is 1. The Labute approximate surface area is 146 Å². The molecule has 6 nitrogen and oxygen atoms in total. The minimum Gasteiger partial charge on any atom is -0.329 e. The summed E-state index contributed by atoms with van der Waals surface area (Å²) >= 11 is 0. The van der Waals surface area contributed by atoms with E-state index in [9.17, 15) is 9.59 Å². The van der Waals surface area contributed by atoms with Crippen molar-refractivity contribution in [3.05, 3.63) is 57.5 Å². The van der Waals surface area contributed by atoms with Crippen LogP contribution in [-0.4, -0.2) is 32.3 Å². The molecule has 2 heterocycles. The molecule has 2 aliphatic rings. The number of nitrogens with zero attached hydrogens (tertiary/aromatic N) is 3. The lowest BCUT2D eigenvalue weighted by molar-refractivity contribution is 0.0658. The fraction of sp³-hybridized carbons (Fsp3) is 0.474. The molecule has 1 saturated carbocycles. The van der Waals surface area contributed by atoms with Crippen LogP contribution in [0.5, 0.6) is 0 Å². The molecule has 0 bridgehead atoms. The number of amides is 1. The number of hydrogen-bond acceptors (Lipinski definition) is 4. The molecule has 0 aliphatic heterocycles. The van der Waals surface area contributed by atoms with Gasteiger partial charge in [-0.15, -0.1) is 0 Å². The van der Waals surface area contributed by atoms with Gasteiger partial charge < -0.3 is 9.88 Å². The van der Waals surface area contributed by atoms with Gasteiger partial charge in [-0.1, -0.05) is 6.07 Å². The molecular weight excluding hydrogens is 316 g/mol. The summed E-state index contributed by atoms with van der Waals surface area (Å²) in [6.45, 7) is 2.52. The number of aromatic nitrogens is 3. The van der Waals surface area contributed by atoms with Crippen LogP contribution in [0.15, 0.2) is 29.2 Å². The number of carbonyl (C=O) groups is 1. The van der Waals surface area contributed by atoms with Gasteiger partial charge in [-0.05, 0) is 50.7 Å². The maximum atomic E-state index is 13.1. The highest BCUT2D eigenvalue weighted by Crippen LogP contribution is 2.38. The summed E-state index contributed by atoms with van der Waals surface area (Å²) in [5.41, 5.74) is 2.19. The molecule has 2 aliphatic carbocycles. The second-order valence-electron chi connectivity index (χ2n) is 6.84. The average Bonchev–Trinajstić information content (AvgIpc) is 3.47. The van der Waals surface area contributed by atoms with Crippen LogP contribution in [0.4, 0.5) is 0 Å². The third-order valence-corrected chi connectivity index (χ3v) is 5.09. The van der Waals surface area contributed by atoms with Crippen molar-refractivity contribution in [3.63, 3.8) is 0 Å². The minimum atomic E-state index is -0.251. The van der Waals surface area contributed by atoms with E-state index in [-0.39, 0.29) is 23.2 Å². The number of nitrogens with one attached hydrogen (secondary N) is 1. The first kappa shape index (κ1) is 16.0. The lowest BCUT2D eigenvalue weighted by Gasteiger charge is -2.34. The maximum absolute atomic E-state index is 13.1. The van der Waals surface area contributed by atoms with Crippen molar-refractivity contribution in [1.29, 1.82) is 0 Å². The van der Waals surface area contributed by atoms with Crippen LogP contribution in [0.3, 0.4) is 0 Å². The van der Waals surface area contributed by atoms with E-state index in [1.54, 1.807) is 6.20 Å². The molecule has 25 heavy (non-hydrogen) atoms. The fourth-order valence-electron chi connectivity index (χ4n) is 3.68. The monoisotopic (exact) mass is 338 g/mol. The molecule has 2 aromatic heterocycles. The van der Waals surface area contributed by atoms with Crippen molar-refractivity contribution in [2.75, 3.05) is 6.54 Å². The molecular formula is C19H22N4O2. The zero-order chi connectivity index (χ0) is 17.4. The highest BCUT2D eigenvalue weighted by atomic mass is 16.2. The standard InChI is InChI=1S/C19H22N4O2/c1-2-23(15-7-3-5-12-6-4-10-20-17(12)15)19(25)14-11-16(24)22-18(21-14)13-8-9-13/h4,6,10-11,13,15H,2-3,5,7-9H2,1H3,(H,21,22,24). The van der Waals surface area contributed by atoms with Crippen molar-refractivity contribution in [1.82, 2.24) is 19.9 Å². The molecule has 130 valence electrons. The molecule has 4 rings (SSSR count). The fourth-order valence-corrected chi connectivity index (χ4v) is 3.68. The van der Waals surface area contributed by atoms with Crippen LogP contribution >= 0.6 is 0 Å². The molecule has 1 atom stereocenters. The summed E-state index contributed by atoms with van der Waals surface area (Å²) in [4.78, 5) is 38.6. The number of carbonyl (C=O) groups excluding carboxylic acids is 1. The van der Waals surface area contributed by atoms with E-state index in [2.05, 4.69) is 21.0 Å². The molecule has 1 N–H and O–H groups in total. The van der Waals surface area contributed by atoms with E-state index >= 15 is 0 Å². The normalized spacial score (nSPS) is 19.3. The van der Waals surface area contributed by atoms with Gasteiger partial charge in [0.1, 0.15) is 11.5 Å². The number of hydrogen-bond donors (Lipinski definition) is 1. The Morgan fingerprint density at radius 3 is 2.96 bits per heavy atom. The van der Waals surface area contributed by atoms with Gasteiger partial charge in [-0.25, -0.2) is 4.98 Å². The smallest absolute Gasteiger partial charge is 0.273 e. The third kappa shape index (κ3) is 3.08. The highest BCUT2D eigenvalue weighted by molar-refractivity contribution is 5.92. The van der Waals surface area contributed by atoms with Crippen LogP contribution in [0, 0.1) is 0 Å². The van der Waals surface area contributed by atoms with E-state index in [4.69, 9.17) is 0 Å². The first-order valence-electron chi connectivity index (χ1n) is 9.03. The summed E-state index contributed by atoms with van der Waals surface area (Å²) in [6.07, 6.45) is 6.76. The van der Waals surface area contributed by atoms with Crippen LogP contribution < -0.4 is 5.56 Å². The lowest BCUT2D eigenvalue weighted by atomic mass is 9.90. The Morgan fingerprint density at radius 1 is 1.36 bits per heavy atom. The van der Waals surface area contributed by atoms with Crippen molar-refractivity contribution in [3.8, 4) is 0 Å². The second-order valence-corrected chi connectivity index (χ2v) is 6.84. The van der Waals surface area contributed by atoms with Gasteiger partial charge in [-0.2, -0.15) is 0 Å². The zero-order valence-electron chi connectivity index (χ0n) is 14.4. The summed E-state index contributed by atoms with van der Waals surface area (Å²) in [7, 11) is 0. The number of aromatic amines is 1. The third-order valence-electron chi connectivity index (χ3n) is 5.09.